The van der Waals surface area contributed by atoms with Crippen molar-refractivity contribution in [2.45, 2.75) is 6.92 Å². The molecule has 8 nitrogen and oxygen atoms in total. The summed E-state index contributed by atoms with van der Waals surface area (Å²) in [6.07, 6.45) is 3.23. The first kappa shape index (κ1) is 18.5. The van der Waals surface area contributed by atoms with Crippen LogP contribution in [0.15, 0.2) is 30.3 Å². The van der Waals surface area contributed by atoms with Gasteiger partial charge in [0.05, 0.1) is 0 Å². The van der Waals surface area contributed by atoms with Crippen LogP contribution in [0.25, 0.3) is 6.08 Å². The average Bonchev–Trinajstić information content (AvgIpc) is 3.11. The van der Waals surface area contributed by atoms with E-state index in [1.165, 1.54) is 6.08 Å². The van der Waals surface area contributed by atoms with Crippen LogP contribution < -0.4 is 25.0 Å². The van der Waals surface area contributed by atoms with Gasteiger partial charge in [-0.3, -0.25) is 4.79 Å². The Balaban J connectivity index is 1.44. The lowest BCUT2D eigenvalue weighted by Gasteiger charge is -2.14. The third-order valence-corrected chi connectivity index (χ3v) is 3.84. The predicted molar refractivity (Wildman–Crippen MR) is 104 cm³/mol. The third-order valence-electron chi connectivity index (χ3n) is 3.84. The Morgan fingerprint density at radius 3 is 2.81 bits per heavy atom. The van der Waals surface area contributed by atoms with Crippen LogP contribution in [0, 0.1) is 6.92 Å². The van der Waals surface area contributed by atoms with Gasteiger partial charge in [-0.1, -0.05) is 6.07 Å². The van der Waals surface area contributed by atoms with Crippen LogP contribution in [0.4, 0.5) is 11.6 Å². The lowest BCUT2D eigenvalue weighted by molar-refractivity contribution is -0.116. The molecule has 0 aliphatic carbocycles. The zero-order chi connectivity index (χ0) is 19.2. The summed E-state index contributed by atoms with van der Waals surface area (Å²) < 4.78 is 10.6. The molecule has 0 spiro atoms. The predicted octanol–water partition coefficient (Wildman–Crippen LogP) is 1.82. The van der Waals surface area contributed by atoms with Gasteiger partial charge in [0, 0.05) is 39.3 Å². The highest BCUT2D eigenvalue weighted by Crippen LogP contribution is 2.32. The molecule has 1 aliphatic heterocycles. The van der Waals surface area contributed by atoms with E-state index in [1.54, 1.807) is 6.08 Å². The van der Waals surface area contributed by atoms with Crippen molar-refractivity contribution in [3.05, 3.63) is 41.7 Å². The maximum absolute atomic E-state index is 11.9. The van der Waals surface area contributed by atoms with Crippen molar-refractivity contribution in [1.82, 2.24) is 15.3 Å². The summed E-state index contributed by atoms with van der Waals surface area (Å²) in [7, 11) is 3.86. The lowest BCUT2D eigenvalue weighted by atomic mass is 10.2. The molecule has 1 aromatic heterocycles. The van der Waals surface area contributed by atoms with Crippen LogP contribution in [-0.2, 0) is 4.79 Å². The highest BCUT2D eigenvalue weighted by molar-refractivity contribution is 5.91. The summed E-state index contributed by atoms with van der Waals surface area (Å²) in [6.45, 7) is 3.12. The van der Waals surface area contributed by atoms with Gasteiger partial charge in [0.1, 0.15) is 17.5 Å². The fourth-order valence-corrected chi connectivity index (χ4v) is 2.50. The van der Waals surface area contributed by atoms with Crippen LogP contribution in [0.3, 0.4) is 0 Å². The molecule has 1 aliphatic rings. The molecule has 2 N–H and O–H groups in total. The highest BCUT2D eigenvalue weighted by atomic mass is 16.7. The molecule has 1 aromatic carbocycles. The molecule has 27 heavy (non-hydrogen) atoms. The van der Waals surface area contributed by atoms with Gasteiger partial charge in [-0.2, -0.15) is 0 Å². The van der Waals surface area contributed by atoms with E-state index >= 15 is 0 Å². The van der Waals surface area contributed by atoms with Crippen LogP contribution in [-0.4, -0.2) is 49.9 Å². The molecule has 142 valence electrons. The molecule has 0 unspecified atom stereocenters. The zero-order valence-electron chi connectivity index (χ0n) is 15.7. The van der Waals surface area contributed by atoms with E-state index in [0.29, 0.717) is 24.7 Å². The molecule has 8 heteroatoms. The molecule has 2 heterocycles. The minimum absolute atomic E-state index is 0.165. The van der Waals surface area contributed by atoms with E-state index in [4.69, 9.17) is 9.47 Å². The second kappa shape index (κ2) is 8.39. The minimum atomic E-state index is -0.165. The number of rotatable bonds is 7. The van der Waals surface area contributed by atoms with E-state index in [0.717, 1.165) is 22.9 Å². The standard InChI is InChI=1S/C19H23N5O3/c1-13-22-17(11-18(23-13)24(2)3)20-8-9-21-19(25)7-5-14-4-6-15-16(10-14)27-12-26-15/h4-7,10-11H,8-9,12H2,1-3H3,(H,21,25)(H,20,22,23)/b7-5+. The molecule has 0 atom stereocenters. The minimum Gasteiger partial charge on any atom is -0.454 e. The lowest BCUT2D eigenvalue weighted by Crippen LogP contribution is -2.27. The van der Waals surface area contributed by atoms with Gasteiger partial charge in [0.15, 0.2) is 11.5 Å². The Hall–Kier alpha value is -3.29. The van der Waals surface area contributed by atoms with Crippen molar-refractivity contribution < 1.29 is 14.3 Å². The number of aromatic nitrogens is 2. The summed E-state index contributed by atoms with van der Waals surface area (Å²) >= 11 is 0. The summed E-state index contributed by atoms with van der Waals surface area (Å²) in [5.41, 5.74) is 0.875. The number of anilines is 2. The summed E-state index contributed by atoms with van der Waals surface area (Å²) in [5, 5.41) is 6.02. The van der Waals surface area contributed by atoms with Crippen LogP contribution >= 0.6 is 0 Å². The first-order valence-electron chi connectivity index (χ1n) is 8.64. The Bertz CT molecular complexity index is 851. The number of aryl methyl sites for hydroxylation is 1. The fraction of sp³-hybridized carbons (Fsp3) is 0.316. The molecule has 0 radical (unpaired) electrons. The second-order valence-corrected chi connectivity index (χ2v) is 6.22. The van der Waals surface area contributed by atoms with Gasteiger partial charge in [-0.15, -0.1) is 0 Å². The molecule has 2 aromatic rings. The number of hydrogen-bond donors (Lipinski definition) is 2. The molecular weight excluding hydrogens is 346 g/mol. The van der Waals surface area contributed by atoms with Gasteiger partial charge >= 0.3 is 0 Å². The summed E-state index contributed by atoms with van der Waals surface area (Å²) in [5.74, 6) is 3.51. The smallest absolute Gasteiger partial charge is 0.244 e. The Morgan fingerprint density at radius 1 is 1.19 bits per heavy atom. The number of nitrogens with zero attached hydrogens (tertiary/aromatic N) is 3. The van der Waals surface area contributed by atoms with E-state index in [-0.39, 0.29) is 12.7 Å². The number of fused-ring (bicyclic) bond motifs is 1. The number of amides is 1. The van der Waals surface area contributed by atoms with Gasteiger partial charge in [-0.25, -0.2) is 9.97 Å². The number of benzene rings is 1. The molecule has 3 rings (SSSR count). The summed E-state index contributed by atoms with van der Waals surface area (Å²) in [6, 6.07) is 7.41. The molecule has 0 saturated heterocycles. The van der Waals surface area contributed by atoms with E-state index in [2.05, 4.69) is 20.6 Å². The van der Waals surface area contributed by atoms with Gasteiger partial charge < -0.3 is 25.0 Å². The Labute approximate surface area is 158 Å². The fourth-order valence-electron chi connectivity index (χ4n) is 2.50. The van der Waals surface area contributed by atoms with Crippen molar-refractivity contribution in [2.75, 3.05) is 44.2 Å². The number of hydrogen-bond acceptors (Lipinski definition) is 7. The van der Waals surface area contributed by atoms with E-state index < -0.39 is 0 Å². The average molecular weight is 369 g/mol. The maximum atomic E-state index is 11.9. The number of carbonyl (C=O) groups excluding carboxylic acids is 1. The van der Waals surface area contributed by atoms with E-state index in [1.807, 2.05) is 50.2 Å². The van der Waals surface area contributed by atoms with E-state index in [9.17, 15) is 4.79 Å². The molecule has 1 amide bonds. The summed E-state index contributed by atoms with van der Waals surface area (Å²) in [4.78, 5) is 22.5. The maximum Gasteiger partial charge on any atom is 0.244 e. The normalized spacial score (nSPS) is 12.3. The molecule has 0 fully saturated rings. The quantitative estimate of drug-likeness (QED) is 0.568. The molecule has 0 bridgehead atoms. The topological polar surface area (TPSA) is 88.6 Å². The number of ether oxygens (including phenoxy) is 2. The van der Waals surface area contributed by atoms with Crippen molar-refractivity contribution in [3.63, 3.8) is 0 Å². The van der Waals surface area contributed by atoms with Gasteiger partial charge in [0.2, 0.25) is 12.7 Å². The first-order chi connectivity index (χ1) is 13.0. The van der Waals surface area contributed by atoms with Crippen LogP contribution in [0.2, 0.25) is 0 Å². The Kier molecular flexibility index (Phi) is 5.75. The zero-order valence-corrected chi connectivity index (χ0v) is 15.7. The Morgan fingerprint density at radius 2 is 2.00 bits per heavy atom. The van der Waals surface area contributed by atoms with Crippen LogP contribution in [0.5, 0.6) is 11.5 Å². The van der Waals surface area contributed by atoms with Crippen molar-refractivity contribution in [3.8, 4) is 11.5 Å². The van der Waals surface area contributed by atoms with Crippen molar-refractivity contribution >= 4 is 23.6 Å². The number of carbonyl (C=O) groups is 1. The third kappa shape index (κ3) is 5.10. The highest BCUT2D eigenvalue weighted by Gasteiger charge is 2.12. The second-order valence-electron chi connectivity index (χ2n) is 6.22. The first-order valence-corrected chi connectivity index (χ1v) is 8.64. The monoisotopic (exact) mass is 369 g/mol. The van der Waals surface area contributed by atoms with Crippen molar-refractivity contribution in [1.29, 1.82) is 0 Å². The van der Waals surface area contributed by atoms with Gasteiger partial charge in [-0.05, 0) is 30.7 Å². The molecule has 0 saturated carbocycles. The van der Waals surface area contributed by atoms with Crippen molar-refractivity contribution in [2.24, 2.45) is 0 Å². The SMILES string of the molecule is Cc1nc(NCCNC(=O)/C=C/c2ccc3c(c2)OCO3)cc(N(C)C)n1. The van der Waals surface area contributed by atoms with Crippen LogP contribution in [0.1, 0.15) is 11.4 Å². The van der Waals surface area contributed by atoms with Gasteiger partial charge in [0.25, 0.3) is 0 Å². The number of nitrogens with one attached hydrogen (secondary N) is 2. The largest absolute Gasteiger partial charge is 0.454 e. The molecular formula is C19H23N5O3.